The highest BCUT2D eigenvalue weighted by Gasteiger charge is 2.23. The van der Waals surface area contributed by atoms with E-state index in [0.29, 0.717) is 22.8 Å². The van der Waals surface area contributed by atoms with Gasteiger partial charge in [-0.3, -0.25) is 10.1 Å². The summed E-state index contributed by atoms with van der Waals surface area (Å²) in [7, 11) is 0. The third-order valence-corrected chi connectivity index (χ3v) is 4.07. The van der Waals surface area contributed by atoms with Gasteiger partial charge in [0.05, 0.1) is 0 Å². The van der Waals surface area contributed by atoms with E-state index in [0.717, 1.165) is 0 Å². The molecule has 1 aliphatic heterocycles. The van der Waals surface area contributed by atoms with E-state index in [1.807, 2.05) is 6.92 Å². The van der Waals surface area contributed by atoms with Gasteiger partial charge in [0.1, 0.15) is 11.3 Å². The predicted octanol–water partition coefficient (Wildman–Crippen LogP) is 2.49. The molecule has 1 fully saturated rings. The van der Waals surface area contributed by atoms with Crippen LogP contribution >= 0.6 is 23.4 Å². The van der Waals surface area contributed by atoms with Gasteiger partial charge in [-0.2, -0.15) is 0 Å². The molecule has 1 aliphatic rings. The van der Waals surface area contributed by atoms with E-state index in [1.54, 1.807) is 12.1 Å². The lowest BCUT2D eigenvalue weighted by Crippen LogP contribution is -2.53. The highest BCUT2D eigenvalue weighted by atomic mass is 35.5. The molecule has 2 atom stereocenters. The molecule has 1 aromatic carbocycles. The molecule has 0 aliphatic carbocycles. The van der Waals surface area contributed by atoms with Crippen LogP contribution in [0.5, 0.6) is 0 Å². The quantitative estimate of drug-likeness (QED) is 0.898. The van der Waals surface area contributed by atoms with Crippen molar-refractivity contribution in [2.45, 2.75) is 30.6 Å². The second-order valence-corrected chi connectivity index (χ2v) is 5.73. The number of nitrogens with one attached hydrogen (secondary N) is 2. The smallest absolute Gasteiger partial charge is 0.223 e. The monoisotopic (exact) mass is 288 g/mol. The topological polar surface area (TPSA) is 41.1 Å². The van der Waals surface area contributed by atoms with E-state index >= 15 is 0 Å². The number of thioether (sulfide) groups is 1. The van der Waals surface area contributed by atoms with Crippen LogP contribution in [0.25, 0.3) is 0 Å². The molecule has 0 spiro atoms. The first kappa shape index (κ1) is 13.6. The molecule has 2 rings (SSSR count). The first-order valence-corrected chi connectivity index (χ1v) is 7.09. The molecule has 1 aromatic rings. The van der Waals surface area contributed by atoms with Crippen LogP contribution in [0.2, 0.25) is 5.02 Å². The zero-order valence-corrected chi connectivity index (χ0v) is 11.4. The van der Waals surface area contributed by atoms with Crippen molar-refractivity contribution >= 4 is 29.3 Å². The summed E-state index contributed by atoms with van der Waals surface area (Å²) in [5.74, 6) is 0.111. The lowest BCUT2D eigenvalue weighted by Gasteiger charge is -2.29. The van der Waals surface area contributed by atoms with Crippen molar-refractivity contribution in [1.82, 2.24) is 10.6 Å². The largest absolute Gasteiger partial charge is 0.332 e. The van der Waals surface area contributed by atoms with Crippen molar-refractivity contribution in [2.24, 2.45) is 0 Å². The molecule has 98 valence electrons. The zero-order chi connectivity index (χ0) is 13.1. The number of hydrogen-bond donors (Lipinski definition) is 2. The lowest BCUT2D eigenvalue weighted by molar-refractivity contribution is -0.123. The summed E-state index contributed by atoms with van der Waals surface area (Å²) < 4.78 is 13.6. The molecule has 1 saturated heterocycles. The molecule has 3 nitrogen and oxygen atoms in total. The number of carbonyl (C=O) groups excluding carboxylic acids is 1. The van der Waals surface area contributed by atoms with Crippen molar-refractivity contribution in [1.29, 1.82) is 0 Å². The van der Waals surface area contributed by atoms with Crippen LogP contribution in [0.4, 0.5) is 4.39 Å². The minimum Gasteiger partial charge on any atom is -0.332 e. The number of benzene rings is 1. The maximum atomic E-state index is 13.6. The molecule has 1 heterocycles. The summed E-state index contributed by atoms with van der Waals surface area (Å²) in [6, 6.07) is 4.76. The maximum Gasteiger partial charge on any atom is 0.223 e. The van der Waals surface area contributed by atoms with E-state index in [-0.39, 0.29) is 23.3 Å². The van der Waals surface area contributed by atoms with Gasteiger partial charge in [-0.05, 0) is 19.1 Å². The SMILES string of the molecule is CC1CC(=O)NC(SCc2c(F)cccc2Cl)N1. The van der Waals surface area contributed by atoms with E-state index in [2.05, 4.69) is 10.6 Å². The molecule has 2 unspecified atom stereocenters. The summed E-state index contributed by atoms with van der Waals surface area (Å²) in [6.45, 7) is 1.95. The number of carbonyl (C=O) groups is 1. The fraction of sp³-hybridized carbons (Fsp3) is 0.417. The van der Waals surface area contributed by atoms with Gasteiger partial charge in [0, 0.05) is 28.8 Å². The number of hydrogen-bond acceptors (Lipinski definition) is 3. The summed E-state index contributed by atoms with van der Waals surface area (Å²) in [6.07, 6.45) is 0.470. The Kier molecular flexibility index (Phi) is 4.48. The first-order chi connectivity index (χ1) is 8.56. The fourth-order valence-corrected chi connectivity index (χ4v) is 3.25. The molecular weight excluding hydrogens is 275 g/mol. The Morgan fingerprint density at radius 3 is 3.00 bits per heavy atom. The molecule has 0 radical (unpaired) electrons. The summed E-state index contributed by atoms with van der Waals surface area (Å²) in [5.41, 5.74) is 0.273. The van der Waals surface area contributed by atoms with E-state index in [4.69, 9.17) is 11.6 Å². The van der Waals surface area contributed by atoms with Gasteiger partial charge in [0.15, 0.2) is 0 Å². The molecule has 18 heavy (non-hydrogen) atoms. The number of amides is 1. The Morgan fingerprint density at radius 1 is 1.56 bits per heavy atom. The van der Waals surface area contributed by atoms with E-state index < -0.39 is 0 Å². The Hall–Kier alpha value is -0.780. The van der Waals surface area contributed by atoms with Gasteiger partial charge in [0.2, 0.25) is 5.91 Å². The lowest BCUT2D eigenvalue weighted by atomic mass is 10.2. The van der Waals surface area contributed by atoms with Gasteiger partial charge < -0.3 is 5.32 Å². The molecular formula is C12H14ClFN2OS. The van der Waals surface area contributed by atoms with E-state index in [1.165, 1.54) is 17.8 Å². The van der Waals surface area contributed by atoms with Crippen molar-refractivity contribution < 1.29 is 9.18 Å². The van der Waals surface area contributed by atoms with Gasteiger partial charge >= 0.3 is 0 Å². The Labute approximate surface area is 114 Å². The van der Waals surface area contributed by atoms with Crippen LogP contribution in [0.1, 0.15) is 18.9 Å². The minimum absolute atomic E-state index is 0.0124. The highest BCUT2D eigenvalue weighted by molar-refractivity contribution is 7.99. The normalized spacial score (nSPS) is 23.8. The van der Waals surface area contributed by atoms with Gasteiger partial charge in [0.25, 0.3) is 0 Å². The fourth-order valence-electron chi connectivity index (χ4n) is 1.77. The van der Waals surface area contributed by atoms with Crippen LogP contribution in [0.3, 0.4) is 0 Å². The Morgan fingerprint density at radius 2 is 2.33 bits per heavy atom. The third kappa shape index (κ3) is 3.37. The van der Waals surface area contributed by atoms with E-state index in [9.17, 15) is 9.18 Å². The maximum absolute atomic E-state index is 13.6. The van der Waals surface area contributed by atoms with Crippen LogP contribution in [-0.2, 0) is 10.5 Å². The molecule has 0 bridgehead atoms. The zero-order valence-electron chi connectivity index (χ0n) is 9.87. The third-order valence-electron chi connectivity index (χ3n) is 2.68. The predicted molar refractivity (Wildman–Crippen MR) is 71.9 cm³/mol. The number of rotatable bonds is 3. The molecule has 2 N–H and O–H groups in total. The van der Waals surface area contributed by atoms with Crippen LogP contribution in [0, 0.1) is 5.82 Å². The molecule has 0 saturated carbocycles. The van der Waals surface area contributed by atoms with Crippen LogP contribution in [0.15, 0.2) is 18.2 Å². The Balaban J connectivity index is 1.97. The standard InChI is InChI=1S/C12H14ClFN2OS/c1-7-5-11(17)16-12(15-7)18-6-8-9(13)3-2-4-10(8)14/h2-4,7,12,15H,5-6H2,1H3,(H,16,17). The van der Waals surface area contributed by atoms with Crippen LogP contribution in [-0.4, -0.2) is 17.4 Å². The van der Waals surface area contributed by atoms with Gasteiger partial charge in [-0.1, -0.05) is 17.7 Å². The minimum atomic E-state index is -0.315. The molecule has 6 heteroatoms. The van der Waals surface area contributed by atoms with Gasteiger partial charge in [-0.15, -0.1) is 11.8 Å². The van der Waals surface area contributed by atoms with Gasteiger partial charge in [-0.25, -0.2) is 4.39 Å². The summed E-state index contributed by atoms with van der Waals surface area (Å²) in [5, 5.41) is 6.44. The molecule has 1 amide bonds. The summed E-state index contributed by atoms with van der Waals surface area (Å²) in [4.78, 5) is 11.4. The second kappa shape index (κ2) is 5.91. The van der Waals surface area contributed by atoms with Crippen molar-refractivity contribution in [3.8, 4) is 0 Å². The van der Waals surface area contributed by atoms with Crippen molar-refractivity contribution in [3.63, 3.8) is 0 Å². The van der Waals surface area contributed by atoms with Crippen LogP contribution < -0.4 is 10.6 Å². The van der Waals surface area contributed by atoms with Crippen molar-refractivity contribution in [3.05, 3.63) is 34.6 Å². The first-order valence-electron chi connectivity index (χ1n) is 5.66. The molecule has 0 aromatic heterocycles. The highest BCUT2D eigenvalue weighted by Crippen LogP contribution is 2.25. The second-order valence-electron chi connectivity index (χ2n) is 4.23. The average Bonchev–Trinajstić information content (AvgIpc) is 2.27. The van der Waals surface area contributed by atoms with Crippen molar-refractivity contribution in [2.75, 3.05) is 0 Å². The summed E-state index contributed by atoms with van der Waals surface area (Å²) >= 11 is 7.36. The average molecular weight is 289 g/mol. The Bertz CT molecular complexity index is 437. The number of halogens is 2.